The van der Waals surface area contributed by atoms with E-state index < -0.39 is 0 Å². The van der Waals surface area contributed by atoms with Crippen molar-refractivity contribution < 1.29 is 4.79 Å². The number of nitrogens with zero attached hydrogens (tertiary/aromatic N) is 2. The largest absolute Gasteiger partial charge is 0.335 e. The van der Waals surface area contributed by atoms with Gasteiger partial charge in [-0.25, -0.2) is 4.99 Å². The molecule has 0 aromatic heterocycles. The van der Waals surface area contributed by atoms with E-state index in [1.807, 2.05) is 17.1 Å². The molecule has 2 atom stereocenters. The number of carbonyl (C=O) groups excluding carboxylic acids is 1. The van der Waals surface area contributed by atoms with Crippen LogP contribution in [-0.2, 0) is 11.2 Å². The van der Waals surface area contributed by atoms with E-state index in [9.17, 15) is 4.79 Å². The van der Waals surface area contributed by atoms with Gasteiger partial charge in [0.15, 0.2) is 0 Å². The fourth-order valence-electron chi connectivity index (χ4n) is 4.45. The van der Waals surface area contributed by atoms with E-state index in [2.05, 4.69) is 50.8 Å². The maximum Gasteiger partial charge on any atom is 0.272 e. The van der Waals surface area contributed by atoms with Crippen LogP contribution in [0.5, 0.6) is 0 Å². The smallest absolute Gasteiger partial charge is 0.272 e. The summed E-state index contributed by atoms with van der Waals surface area (Å²) in [6, 6.07) is 6.80. The van der Waals surface area contributed by atoms with Crippen molar-refractivity contribution in [2.45, 2.75) is 58.4 Å². The van der Waals surface area contributed by atoms with E-state index in [0.29, 0.717) is 20.3 Å². The lowest BCUT2D eigenvalue weighted by molar-refractivity contribution is -0.125. The average molecular weight is 419 g/mol. The second-order valence-electron chi connectivity index (χ2n) is 8.36. The monoisotopic (exact) mass is 418 g/mol. The predicted molar refractivity (Wildman–Crippen MR) is 130 cm³/mol. The number of likely N-dealkylation sites (tertiary alicyclic amines) is 1. The Labute approximate surface area is 182 Å². The highest BCUT2D eigenvalue weighted by Gasteiger charge is 2.27. The summed E-state index contributed by atoms with van der Waals surface area (Å²) in [5.74, 6) is 0.0992. The fraction of sp³-hybridized carbons (Fsp3) is 0.385. The van der Waals surface area contributed by atoms with Gasteiger partial charge < -0.3 is 4.90 Å². The minimum Gasteiger partial charge on any atom is -0.335 e. The molecular weight excluding hydrogens is 387 g/mol. The van der Waals surface area contributed by atoms with Gasteiger partial charge in [-0.2, -0.15) is 0 Å². The minimum atomic E-state index is 0.0992. The standard InChI is InChI=1S/C26H31N2OP/c1-4-19-10-13-23-20(15-19)11-12-21(23)16-25-27-24(17-22(5-2)30-25)26(29)28-14-8-6-7-9-18(28)3/h4,10,12-13,15-18,30H,1,5-9,11,14H2,2-3H3/b25-16-. The Hall–Kier alpha value is -2.25. The van der Waals surface area contributed by atoms with Gasteiger partial charge in [-0.1, -0.05) is 56.7 Å². The fourth-order valence-corrected chi connectivity index (χ4v) is 5.57. The number of carbonyl (C=O) groups is 1. The first-order valence-corrected chi connectivity index (χ1v) is 12.1. The summed E-state index contributed by atoms with van der Waals surface area (Å²) in [7, 11) is 0.533. The van der Waals surface area contributed by atoms with Crippen LogP contribution in [0.1, 0.15) is 62.6 Å². The molecule has 1 aromatic rings. The van der Waals surface area contributed by atoms with Gasteiger partial charge in [0.05, 0.1) is 5.44 Å². The van der Waals surface area contributed by atoms with Crippen molar-refractivity contribution in [2.24, 2.45) is 4.99 Å². The first kappa shape index (κ1) is 21.0. The number of aliphatic imine (C=N–C) groups is 1. The molecule has 2 heterocycles. The second-order valence-corrected chi connectivity index (χ2v) is 9.76. The highest BCUT2D eigenvalue weighted by molar-refractivity contribution is 7.48. The Kier molecular flexibility index (Phi) is 6.49. The molecule has 0 N–H and O–H groups in total. The van der Waals surface area contributed by atoms with E-state index in [1.165, 1.54) is 34.9 Å². The molecule has 0 spiro atoms. The lowest BCUT2D eigenvalue weighted by atomic mass is 10.0. The number of benzene rings is 1. The highest BCUT2D eigenvalue weighted by atomic mass is 31.1. The van der Waals surface area contributed by atoms with Crippen molar-refractivity contribution in [3.63, 3.8) is 0 Å². The van der Waals surface area contributed by atoms with Crippen molar-refractivity contribution in [1.29, 1.82) is 0 Å². The molecule has 1 aliphatic carbocycles. The summed E-state index contributed by atoms with van der Waals surface area (Å²) in [5.41, 5.74) is 6.62. The third-order valence-corrected chi connectivity index (χ3v) is 7.60. The Morgan fingerprint density at radius 1 is 1.33 bits per heavy atom. The van der Waals surface area contributed by atoms with Crippen LogP contribution in [0.4, 0.5) is 0 Å². The number of rotatable bonds is 4. The van der Waals surface area contributed by atoms with Gasteiger partial charge in [-0.3, -0.25) is 4.79 Å². The zero-order valence-electron chi connectivity index (χ0n) is 18.1. The molecule has 30 heavy (non-hydrogen) atoms. The summed E-state index contributed by atoms with van der Waals surface area (Å²) in [5, 5.41) is 1.31. The van der Waals surface area contributed by atoms with Gasteiger partial charge in [0.25, 0.3) is 5.91 Å². The summed E-state index contributed by atoms with van der Waals surface area (Å²) < 4.78 is 0. The molecule has 156 valence electrons. The van der Waals surface area contributed by atoms with Crippen LogP contribution in [-0.4, -0.2) is 29.1 Å². The van der Waals surface area contributed by atoms with Crippen molar-refractivity contribution in [1.82, 2.24) is 4.90 Å². The van der Waals surface area contributed by atoms with E-state index in [0.717, 1.165) is 43.2 Å². The van der Waals surface area contributed by atoms with Crippen LogP contribution in [0.3, 0.4) is 0 Å². The highest BCUT2D eigenvalue weighted by Crippen LogP contribution is 2.42. The molecule has 0 bridgehead atoms. The Morgan fingerprint density at radius 2 is 2.20 bits per heavy atom. The molecule has 4 rings (SSSR count). The van der Waals surface area contributed by atoms with Gasteiger partial charge in [0, 0.05) is 12.6 Å². The third kappa shape index (κ3) is 4.42. The van der Waals surface area contributed by atoms with E-state index in [1.54, 1.807) is 0 Å². The van der Waals surface area contributed by atoms with Crippen LogP contribution in [0.2, 0.25) is 0 Å². The quantitative estimate of drug-likeness (QED) is 0.526. The summed E-state index contributed by atoms with van der Waals surface area (Å²) in [6.45, 7) is 9.06. The van der Waals surface area contributed by atoms with Gasteiger partial charge in [0.2, 0.25) is 0 Å². The number of hydrogen-bond donors (Lipinski definition) is 0. The molecule has 0 radical (unpaired) electrons. The first-order chi connectivity index (χ1) is 14.6. The molecule has 4 heteroatoms. The normalized spacial score (nSPS) is 23.5. The predicted octanol–water partition coefficient (Wildman–Crippen LogP) is 6.33. The van der Waals surface area contributed by atoms with Gasteiger partial charge >= 0.3 is 0 Å². The Bertz CT molecular complexity index is 983. The second kappa shape index (κ2) is 9.27. The Morgan fingerprint density at radius 3 is 3.00 bits per heavy atom. The van der Waals surface area contributed by atoms with Crippen LogP contribution in [0.15, 0.2) is 58.8 Å². The van der Waals surface area contributed by atoms with Crippen molar-refractivity contribution in [2.75, 3.05) is 6.54 Å². The zero-order chi connectivity index (χ0) is 21.1. The summed E-state index contributed by atoms with van der Waals surface area (Å²) in [6.07, 6.45) is 14.9. The van der Waals surface area contributed by atoms with E-state index >= 15 is 0 Å². The lowest BCUT2D eigenvalue weighted by Gasteiger charge is -2.28. The van der Waals surface area contributed by atoms with Crippen molar-refractivity contribution in [3.8, 4) is 0 Å². The molecule has 1 saturated heterocycles. The molecule has 3 aliphatic rings. The molecule has 1 fully saturated rings. The summed E-state index contributed by atoms with van der Waals surface area (Å²) >= 11 is 0. The Balaban J connectivity index is 1.62. The van der Waals surface area contributed by atoms with Gasteiger partial charge in [-0.05, 0) is 80.9 Å². The molecule has 1 aromatic carbocycles. The molecule has 2 aliphatic heterocycles. The zero-order valence-corrected chi connectivity index (χ0v) is 19.1. The number of fused-ring (bicyclic) bond motifs is 1. The lowest BCUT2D eigenvalue weighted by Crippen LogP contribution is -2.42. The van der Waals surface area contributed by atoms with Crippen molar-refractivity contribution in [3.05, 3.63) is 70.4 Å². The number of amides is 1. The first-order valence-electron chi connectivity index (χ1n) is 11.1. The molecular formula is C26H31N2OP. The van der Waals surface area contributed by atoms with E-state index in [4.69, 9.17) is 4.99 Å². The van der Waals surface area contributed by atoms with Crippen LogP contribution in [0.25, 0.3) is 11.6 Å². The topological polar surface area (TPSA) is 32.7 Å². The van der Waals surface area contributed by atoms with Crippen LogP contribution in [0, 0.1) is 0 Å². The SMILES string of the molecule is C=Cc1ccc2c(c1)CC=C2/C=C1/N=C(C(=O)N2CCCCCC2C)C=C(CC)P1. The van der Waals surface area contributed by atoms with Gasteiger partial charge in [-0.15, -0.1) is 0 Å². The molecule has 2 unspecified atom stereocenters. The number of allylic oxidation sites excluding steroid dienone is 4. The van der Waals surface area contributed by atoms with E-state index in [-0.39, 0.29) is 5.91 Å². The van der Waals surface area contributed by atoms with Gasteiger partial charge in [0.1, 0.15) is 5.71 Å². The van der Waals surface area contributed by atoms with Crippen LogP contribution < -0.4 is 0 Å². The number of hydrogen-bond acceptors (Lipinski definition) is 2. The summed E-state index contributed by atoms with van der Waals surface area (Å²) in [4.78, 5) is 20.2. The maximum absolute atomic E-state index is 13.3. The maximum atomic E-state index is 13.3. The third-order valence-electron chi connectivity index (χ3n) is 6.26. The molecule has 0 saturated carbocycles. The van der Waals surface area contributed by atoms with Crippen molar-refractivity contribution >= 4 is 31.8 Å². The van der Waals surface area contributed by atoms with Crippen LogP contribution >= 0.6 is 8.58 Å². The minimum absolute atomic E-state index is 0.0992. The average Bonchev–Trinajstić information content (AvgIpc) is 3.03. The molecule has 3 nitrogen and oxygen atoms in total. The molecule has 1 amide bonds.